The molecule has 2 atom stereocenters. The number of hydrogen-bond acceptors (Lipinski definition) is 3. The van der Waals surface area contributed by atoms with Crippen molar-refractivity contribution >= 4 is 0 Å². The van der Waals surface area contributed by atoms with Gasteiger partial charge in [0, 0.05) is 6.54 Å². The van der Waals surface area contributed by atoms with E-state index in [-0.39, 0.29) is 18.0 Å². The van der Waals surface area contributed by atoms with Gasteiger partial charge < -0.3 is 15.7 Å². The van der Waals surface area contributed by atoms with Gasteiger partial charge in [0.25, 0.3) is 0 Å². The van der Waals surface area contributed by atoms with Crippen molar-refractivity contribution in [3.63, 3.8) is 0 Å². The summed E-state index contributed by atoms with van der Waals surface area (Å²) in [4.78, 5) is 2.00. The van der Waals surface area contributed by atoms with Crippen LogP contribution < -0.4 is 5.73 Å². The molecule has 1 aromatic carbocycles. The highest BCUT2D eigenvalue weighted by Crippen LogP contribution is 2.26. The first-order valence-corrected chi connectivity index (χ1v) is 6.42. The fourth-order valence-corrected chi connectivity index (χ4v) is 2.17. The highest BCUT2D eigenvalue weighted by atomic mass is 16.3. The number of nitrogens with zero attached hydrogens (tertiary/aromatic N) is 1. The van der Waals surface area contributed by atoms with E-state index in [2.05, 4.69) is 45.0 Å². The van der Waals surface area contributed by atoms with Crippen LogP contribution in [-0.4, -0.2) is 36.8 Å². The Morgan fingerprint density at radius 1 is 1.17 bits per heavy atom. The maximum absolute atomic E-state index is 10.0. The fourth-order valence-electron chi connectivity index (χ4n) is 2.17. The molecule has 1 rings (SSSR count). The number of hydrogen-bond donors (Lipinski definition) is 2. The predicted molar refractivity (Wildman–Crippen MR) is 76.6 cm³/mol. The van der Waals surface area contributed by atoms with Gasteiger partial charge in [0.05, 0.1) is 12.1 Å². The summed E-state index contributed by atoms with van der Waals surface area (Å²) >= 11 is 0. The molecule has 0 aliphatic rings. The van der Waals surface area contributed by atoms with Crippen molar-refractivity contribution in [2.45, 2.75) is 38.3 Å². The van der Waals surface area contributed by atoms with Gasteiger partial charge in [0.2, 0.25) is 0 Å². The summed E-state index contributed by atoms with van der Waals surface area (Å²) < 4.78 is 0. The Kier molecular flexibility index (Phi) is 4.91. The number of rotatable bonds is 4. The van der Waals surface area contributed by atoms with Crippen molar-refractivity contribution in [1.82, 2.24) is 4.90 Å². The second-order valence-corrected chi connectivity index (χ2v) is 6.08. The first-order valence-electron chi connectivity index (χ1n) is 6.42. The van der Waals surface area contributed by atoms with Crippen molar-refractivity contribution in [1.29, 1.82) is 0 Å². The minimum atomic E-state index is -0.541. The van der Waals surface area contributed by atoms with Gasteiger partial charge in [-0.1, -0.05) is 45.0 Å². The third-order valence-corrected chi connectivity index (χ3v) is 3.28. The van der Waals surface area contributed by atoms with Gasteiger partial charge in [-0.2, -0.15) is 0 Å². The Hall–Kier alpha value is -0.900. The largest absolute Gasteiger partial charge is 0.390 e. The highest BCUT2D eigenvalue weighted by molar-refractivity contribution is 5.29. The SMILES string of the molecule is CN(C)C(c1ccc(C(C)(C)C)cc1)C(O)CN. The molecule has 0 aliphatic heterocycles. The summed E-state index contributed by atoms with van der Waals surface area (Å²) in [7, 11) is 3.92. The van der Waals surface area contributed by atoms with Gasteiger partial charge in [-0.05, 0) is 30.6 Å². The van der Waals surface area contributed by atoms with Crippen molar-refractivity contribution < 1.29 is 5.11 Å². The molecule has 0 fully saturated rings. The fraction of sp³-hybridized carbons (Fsp3) is 0.600. The monoisotopic (exact) mass is 250 g/mol. The smallest absolute Gasteiger partial charge is 0.0858 e. The van der Waals surface area contributed by atoms with Crippen LogP contribution in [0, 0.1) is 0 Å². The maximum atomic E-state index is 10.0. The summed E-state index contributed by atoms with van der Waals surface area (Å²) in [6.07, 6.45) is -0.541. The van der Waals surface area contributed by atoms with Crippen molar-refractivity contribution in [3.8, 4) is 0 Å². The topological polar surface area (TPSA) is 49.5 Å². The van der Waals surface area contributed by atoms with Crippen LogP contribution in [-0.2, 0) is 5.41 Å². The van der Waals surface area contributed by atoms with Crippen LogP contribution in [0.25, 0.3) is 0 Å². The minimum absolute atomic E-state index is 0.0518. The van der Waals surface area contributed by atoms with E-state index < -0.39 is 6.10 Å². The second kappa shape index (κ2) is 5.83. The average molecular weight is 250 g/mol. The zero-order chi connectivity index (χ0) is 13.9. The maximum Gasteiger partial charge on any atom is 0.0858 e. The molecule has 2 unspecified atom stereocenters. The summed E-state index contributed by atoms with van der Waals surface area (Å²) in [5.41, 5.74) is 8.12. The highest BCUT2D eigenvalue weighted by Gasteiger charge is 2.22. The number of aliphatic hydroxyl groups is 1. The van der Waals surface area contributed by atoms with E-state index in [1.165, 1.54) is 5.56 Å². The van der Waals surface area contributed by atoms with Gasteiger partial charge in [0.15, 0.2) is 0 Å². The van der Waals surface area contributed by atoms with Crippen LogP contribution in [0.5, 0.6) is 0 Å². The number of benzene rings is 1. The van der Waals surface area contributed by atoms with Crippen LogP contribution in [0.1, 0.15) is 37.9 Å². The van der Waals surface area contributed by atoms with Gasteiger partial charge in [-0.15, -0.1) is 0 Å². The standard InChI is InChI=1S/C15H26N2O/c1-15(2,3)12-8-6-11(7-9-12)14(17(4)5)13(18)10-16/h6-9,13-14,18H,10,16H2,1-5H3. The Morgan fingerprint density at radius 3 is 2.00 bits per heavy atom. The van der Waals surface area contributed by atoms with Crippen LogP contribution in [0.4, 0.5) is 0 Å². The molecule has 0 bridgehead atoms. The Labute approximate surface area is 111 Å². The third-order valence-electron chi connectivity index (χ3n) is 3.28. The number of nitrogens with two attached hydrogens (primary N) is 1. The van der Waals surface area contributed by atoms with Gasteiger partial charge in [-0.25, -0.2) is 0 Å². The number of likely N-dealkylation sites (N-methyl/N-ethyl adjacent to an activating group) is 1. The summed E-state index contributed by atoms with van der Waals surface area (Å²) in [6, 6.07) is 8.39. The number of aliphatic hydroxyl groups excluding tert-OH is 1. The van der Waals surface area contributed by atoms with E-state index in [9.17, 15) is 5.11 Å². The lowest BCUT2D eigenvalue weighted by atomic mass is 9.86. The summed E-state index contributed by atoms with van der Waals surface area (Å²) in [5.74, 6) is 0. The second-order valence-electron chi connectivity index (χ2n) is 6.08. The Morgan fingerprint density at radius 2 is 1.67 bits per heavy atom. The van der Waals surface area contributed by atoms with Gasteiger partial charge >= 0.3 is 0 Å². The predicted octanol–water partition coefficient (Wildman–Crippen LogP) is 1.91. The van der Waals surface area contributed by atoms with Crippen molar-refractivity contribution in [2.24, 2.45) is 5.73 Å². The van der Waals surface area contributed by atoms with Crippen LogP contribution in [0.3, 0.4) is 0 Å². The quantitative estimate of drug-likeness (QED) is 0.858. The van der Waals surface area contributed by atoms with Crippen LogP contribution >= 0.6 is 0 Å². The molecule has 0 aliphatic carbocycles. The molecule has 0 radical (unpaired) electrons. The molecule has 1 aromatic rings. The summed E-state index contributed by atoms with van der Waals surface area (Å²) in [6.45, 7) is 6.85. The van der Waals surface area contributed by atoms with E-state index in [1.807, 2.05) is 19.0 Å². The molecule has 0 aromatic heterocycles. The molecule has 3 nitrogen and oxygen atoms in total. The van der Waals surface area contributed by atoms with Crippen molar-refractivity contribution in [2.75, 3.05) is 20.6 Å². The molecule has 0 saturated heterocycles. The van der Waals surface area contributed by atoms with Crippen molar-refractivity contribution in [3.05, 3.63) is 35.4 Å². The van der Waals surface area contributed by atoms with E-state index in [1.54, 1.807) is 0 Å². The Bertz CT molecular complexity index is 365. The van der Waals surface area contributed by atoms with Gasteiger partial charge in [0.1, 0.15) is 0 Å². The van der Waals surface area contributed by atoms with E-state index in [0.717, 1.165) is 5.56 Å². The Balaban J connectivity index is 3.01. The first kappa shape index (κ1) is 15.2. The lowest BCUT2D eigenvalue weighted by Crippen LogP contribution is -2.36. The zero-order valence-corrected chi connectivity index (χ0v) is 12.1. The lowest BCUT2D eigenvalue weighted by Gasteiger charge is -2.29. The molecular formula is C15H26N2O. The molecular weight excluding hydrogens is 224 g/mol. The third kappa shape index (κ3) is 3.55. The molecule has 0 amide bonds. The molecule has 0 spiro atoms. The zero-order valence-electron chi connectivity index (χ0n) is 12.1. The van der Waals surface area contributed by atoms with E-state index in [0.29, 0.717) is 0 Å². The summed E-state index contributed by atoms with van der Waals surface area (Å²) in [5, 5.41) is 10.0. The normalized spacial score (nSPS) is 15.8. The van der Waals surface area contributed by atoms with E-state index in [4.69, 9.17) is 5.73 Å². The van der Waals surface area contributed by atoms with Crippen LogP contribution in [0.15, 0.2) is 24.3 Å². The molecule has 3 N–H and O–H groups in total. The molecule has 0 saturated carbocycles. The molecule has 0 heterocycles. The molecule has 18 heavy (non-hydrogen) atoms. The minimum Gasteiger partial charge on any atom is -0.390 e. The average Bonchev–Trinajstić information content (AvgIpc) is 2.28. The van der Waals surface area contributed by atoms with Crippen LogP contribution in [0.2, 0.25) is 0 Å². The lowest BCUT2D eigenvalue weighted by molar-refractivity contribution is 0.0823. The molecule has 102 valence electrons. The van der Waals surface area contributed by atoms with E-state index >= 15 is 0 Å². The first-order chi connectivity index (χ1) is 8.27. The molecule has 3 heteroatoms. The van der Waals surface area contributed by atoms with Gasteiger partial charge in [-0.3, -0.25) is 0 Å².